The van der Waals surface area contributed by atoms with Gasteiger partial charge in [0.15, 0.2) is 0 Å². The Kier molecular flexibility index (Phi) is 13.8. The average molecular weight is 293 g/mol. The minimum Gasteiger partial charge on any atom is -0.481 e. The monoisotopic (exact) mass is 293 g/mol. The molecule has 1 aromatic rings. The Balaban J connectivity index is 0.000000471. The van der Waals surface area contributed by atoms with Crippen LogP contribution in [0.4, 0.5) is 5.69 Å². The van der Waals surface area contributed by atoms with Crippen LogP contribution in [0, 0.1) is 0 Å². The number of anilines is 1. The van der Waals surface area contributed by atoms with E-state index in [0.717, 1.165) is 18.5 Å². The summed E-state index contributed by atoms with van der Waals surface area (Å²) in [6, 6.07) is 9.49. The van der Waals surface area contributed by atoms with Gasteiger partial charge in [-0.15, -0.1) is 0 Å². The van der Waals surface area contributed by atoms with Gasteiger partial charge in [-0.3, -0.25) is 4.79 Å². The zero-order chi connectivity index (χ0) is 15.8. The molecule has 21 heavy (non-hydrogen) atoms. The third-order valence-electron chi connectivity index (χ3n) is 3.29. The van der Waals surface area contributed by atoms with E-state index in [0.29, 0.717) is 6.42 Å². The van der Waals surface area contributed by atoms with Crippen LogP contribution < -0.4 is 5.73 Å². The Hall–Kier alpha value is -1.51. The fourth-order valence-electron chi connectivity index (χ4n) is 2.04. The van der Waals surface area contributed by atoms with Crippen molar-refractivity contribution in [3.63, 3.8) is 0 Å². The summed E-state index contributed by atoms with van der Waals surface area (Å²) in [6.45, 7) is 2.23. The van der Waals surface area contributed by atoms with E-state index in [9.17, 15) is 4.79 Å². The molecule has 0 amide bonds. The van der Waals surface area contributed by atoms with Crippen molar-refractivity contribution >= 4 is 11.7 Å². The molecule has 0 heterocycles. The molecule has 0 aliphatic heterocycles. The topological polar surface area (TPSA) is 63.3 Å². The molecule has 1 aromatic carbocycles. The lowest BCUT2D eigenvalue weighted by molar-refractivity contribution is -0.137. The summed E-state index contributed by atoms with van der Waals surface area (Å²) in [6.07, 6.45) is 11.5. The molecular weight excluding hydrogens is 262 g/mol. The number of benzene rings is 1. The van der Waals surface area contributed by atoms with Gasteiger partial charge in [-0.25, -0.2) is 0 Å². The smallest absolute Gasteiger partial charge is 0.303 e. The first-order valence-corrected chi connectivity index (χ1v) is 8.19. The molecule has 0 aromatic heterocycles. The Bertz CT molecular complexity index is 338. The molecule has 3 heteroatoms. The van der Waals surface area contributed by atoms with Crippen LogP contribution in [0.5, 0.6) is 0 Å². The van der Waals surface area contributed by atoms with Gasteiger partial charge in [-0.2, -0.15) is 0 Å². The van der Waals surface area contributed by atoms with E-state index in [1.807, 2.05) is 30.3 Å². The van der Waals surface area contributed by atoms with Gasteiger partial charge in [-0.05, 0) is 18.6 Å². The maximum Gasteiger partial charge on any atom is 0.303 e. The molecule has 0 bridgehead atoms. The predicted molar refractivity (Wildman–Crippen MR) is 90.3 cm³/mol. The van der Waals surface area contributed by atoms with E-state index in [4.69, 9.17) is 10.8 Å². The van der Waals surface area contributed by atoms with E-state index in [1.54, 1.807) is 0 Å². The van der Waals surface area contributed by atoms with Gasteiger partial charge in [0, 0.05) is 12.1 Å². The van der Waals surface area contributed by atoms with Gasteiger partial charge in [0.2, 0.25) is 0 Å². The lowest BCUT2D eigenvalue weighted by Crippen LogP contribution is -1.93. The van der Waals surface area contributed by atoms with Crippen molar-refractivity contribution in [2.45, 2.75) is 71.1 Å². The molecule has 0 saturated heterocycles. The van der Waals surface area contributed by atoms with Crippen LogP contribution in [0.3, 0.4) is 0 Å². The summed E-state index contributed by atoms with van der Waals surface area (Å²) < 4.78 is 0. The van der Waals surface area contributed by atoms with E-state index >= 15 is 0 Å². The SMILES string of the molecule is CCCCCCCCCCCC(=O)O.Nc1ccccc1. The van der Waals surface area contributed by atoms with Crippen LogP contribution in [-0.4, -0.2) is 11.1 Å². The number of unbranched alkanes of at least 4 members (excludes halogenated alkanes) is 8. The summed E-state index contributed by atoms with van der Waals surface area (Å²) >= 11 is 0. The van der Waals surface area contributed by atoms with E-state index in [-0.39, 0.29) is 0 Å². The van der Waals surface area contributed by atoms with Crippen molar-refractivity contribution in [3.8, 4) is 0 Å². The first kappa shape index (κ1) is 19.5. The van der Waals surface area contributed by atoms with Gasteiger partial charge >= 0.3 is 5.97 Å². The quantitative estimate of drug-likeness (QED) is 0.457. The minimum absolute atomic E-state index is 0.343. The van der Waals surface area contributed by atoms with Crippen LogP contribution in [0.1, 0.15) is 71.1 Å². The number of hydrogen-bond acceptors (Lipinski definition) is 2. The van der Waals surface area contributed by atoms with Crippen molar-refractivity contribution < 1.29 is 9.90 Å². The second-order valence-corrected chi connectivity index (χ2v) is 5.38. The highest BCUT2D eigenvalue weighted by Gasteiger charge is 1.96. The average Bonchev–Trinajstić information content (AvgIpc) is 2.47. The maximum atomic E-state index is 10.2. The molecule has 3 nitrogen and oxygen atoms in total. The van der Waals surface area contributed by atoms with Crippen molar-refractivity contribution in [2.75, 3.05) is 5.73 Å². The Morgan fingerprint density at radius 2 is 1.38 bits per heavy atom. The summed E-state index contributed by atoms with van der Waals surface area (Å²) in [7, 11) is 0. The summed E-state index contributed by atoms with van der Waals surface area (Å²) in [5.41, 5.74) is 6.18. The largest absolute Gasteiger partial charge is 0.481 e. The second-order valence-electron chi connectivity index (χ2n) is 5.38. The van der Waals surface area contributed by atoms with Gasteiger partial charge in [0.1, 0.15) is 0 Å². The molecule has 0 atom stereocenters. The van der Waals surface area contributed by atoms with Crippen molar-refractivity contribution in [1.29, 1.82) is 0 Å². The normalized spacial score (nSPS) is 9.76. The number of carboxylic acids is 1. The number of para-hydroxylation sites is 1. The van der Waals surface area contributed by atoms with E-state index in [1.165, 1.54) is 44.9 Å². The molecule has 0 radical (unpaired) electrons. The molecule has 0 aliphatic carbocycles. The third-order valence-corrected chi connectivity index (χ3v) is 3.29. The summed E-state index contributed by atoms with van der Waals surface area (Å²) in [5, 5.41) is 8.41. The molecule has 3 N–H and O–H groups in total. The molecule has 0 unspecified atom stereocenters. The first-order chi connectivity index (χ1) is 10.2. The third kappa shape index (κ3) is 16.4. The zero-order valence-corrected chi connectivity index (χ0v) is 13.4. The van der Waals surface area contributed by atoms with Crippen molar-refractivity contribution in [1.82, 2.24) is 0 Å². The molecule has 120 valence electrons. The van der Waals surface area contributed by atoms with Crippen LogP contribution in [0.15, 0.2) is 30.3 Å². The number of rotatable bonds is 10. The van der Waals surface area contributed by atoms with Crippen LogP contribution in [-0.2, 0) is 4.79 Å². The number of carboxylic acid groups (broad SMARTS) is 1. The van der Waals surface area contributed by atoms with Crippen LogP contribution >= 0.6 is 0 Å². The molecule has 0 aliphatic rings. The Morgan fingerprint density at radius 1 is 0.905 bits per heavy atom. The van der Waals surface area contributed by atoms with Crippen LogP contribution in [0.25, 0.3) is 0 Å². The van der Waals surface area contributed by atoms with Crippen molar-refractivity contribution in [2.24, 2.45) is 0 Å². The predicted octanol–water partition coefficient (Wildman–Crippen LogP) is 5.26. The highest BCUT2D eigenvalue weighted by Crippen LogP contribution is 2.10. The Labute approximate surface area is 129 Å². The molecule has 0 saturated carbocycles. The van der Waals surface area contributed by atoms with E-state index < -0.39 is 5.97 Å². The first-order valence-electron chi connectivity index (χ1n) is 8.19. The highest BCUT2D eigenvalue weighted by molar-refractivity contribution is 5.66. The van der Waals surface area contributed by atoms with Crippen molar-refractivity contribution in [3.05, 3.63) is 30.3 Å². The lowest BCUT2D eigenvalue weighted by Gasteiger charge is -2.00. The standard InChI is InChI=1S/C12H24O2.C6H7N/c1-2-3-4-5-6-7-8-9-10-11-12(13)14;7-6-4-2-1-3-5-6/h2-11H2,1H3,(H,13,14);1-5H,7H2. The number of carbonyl (C=O) groups is 1. The summed E-state index contributed by atoms with van der Waals surface area (Å²) in [4.78, 5) is 10.2. The molecule has 0 fully saturated rings. The van der Waals surface area contributed by atoms with Gasteiger partial charge in [0.25, 0.3) is 0 Å². The number of nitrogen functional groups attached to an aromatic ring is 1. The Morgan fingerprint density at radius 3 is 1.76 bits per heavy atom. The maximum absolute atomic E-state index is 10.2. The fourth-order valence-corrected chi connectivity index (χ4v) is 2.04. The molecule has 0 spiro atoms. The number of hydrogen-bond donors (Lipinski definition) is 2. The zero-order valence-electron chi connectivity index (χ0n) is 13.4. The minimum atomic E-state index is -0.659. The summed E-state index contributed by atoms with van der Waals surface area (Å²) in [5.74, 6) is -0.659. The van der Waals surface area contributed by atoms with Gasteiger partial charge in [-0.1, -0.05) is 76.5 Å². The van der Waals surface area contributed by atoms with Gasteiger partial charge in [0.05, 0.1) is 0 Å². The molecular formula is C18H31NO2. The van der Waals surface area contributed by atoms with Crippen LogP contribution in [0.2, 0.25) is 0 Å². The van der Waals surface area contributed by atoms with Gasteiger partial charge < -0.3 is 10.8 Å². The number of aliphatic carboxylic acids is 1. The lowest BCUT2D eigenvalue weighted by atomic mass is 10.1. The van der Waals surface area contributed by atoms with E-state index in [2.05, 4.69) is 6.92 Å². The second kappa shape index (κ2) is 14.9. The fraction of sp³-hybridized carbons (Fsp3) is 0.611. The highest BCUT2D eigenvalue weighted by atomic mass is 16.4. The molecule has 1 rings (SSSR count). The number of nitrogens with two attached hydrogens (primary N) is 1.